The number of amides is 1. The minimum Gasteiger partial charge on any atom is -0.481 e. The van der Waals surface area contributed by atoms with Crippen LogP contribution in [0.15, 0.2) is 54.7 Å². The van der Waals surface area contributed by atoms with Gasteiger partial charge in [-0.1, -0.05) is 58.0 Å². The van der Waals surface area contributed by atoms with Crippen molar-refractivity contribution in [2.24, 2.45) is 11.3 Å². The normalized spacial score (nSPS) is 13.3. The molecule has 1 heterocycles. The number of hydrogen-bond acceptors (Lipinski definition) is 4. The summed E-state index contributed by atoms with van der Waals surface area (Å²) in [5, 5.41) is 19.1. The van der Waals surface area contributed by atoms with Gasteiger partial charge in [0.05, 0.1) is 17.7 Å². The molecule has 2 aromatic carbocycles. The molecule has 0 aliphatic heterocycles. The zero-order chi connectivity index (χ0) is 27.3. The van der Waals surface area contributed by atoms with E-state index in [9.17, 15) is 28.6 Å². The van der Waals surface area contributed by atoms with E-state index in [4.69, 9.17) is 4.98 Å². The summed E-state index contributed by atoms with van der Waals surface area (Å²) in [5.41, 5.74) is 0.502. The van der Waals surface area contributed by atoms with Crippen LogP contribution in [0.2, 0.25) is 0 Å². The smallest absolute Gasteiger partial charge is 0.306 e. The van der Waals surface area contributed by atoms with E-state index >= 15 is 0 Å². The van der Waals surface area contributed by atoms with Crippen LogP contribution in [0.4, 0.5) is 8.78 Å². The summed E-state index contributed by atoms with van der Waals surface area (Å²) in [6.07, 6.45) is 1.79. The van der Waals surface area contributed by atoms with E-state index in [-0.39, 0.29) is 24.2 Å². The average Bonchev–Trinajstić information content (AvgIpc) is 3.24. The molecule has 0 aliphatic rings. The van der Waals surface area contributed by atoms with E-state index in [1.165, 1.54) is 4.90 Å². The monoisotopic (exact) mass is 513 g/mol. The minimum atomic E-state index is -0.988. The number of aliphatic carboxylic acids is 1. The summed E-state index contributed by atoms with van der Waals surface area (Å²) in [4.78, 5) is 30.6. The van der Waals surface area contributed by atoms with Crippen molar-refractivity contribution in [3.63, 3.8) is 0 Å². The molecule has 198 valence electrons. The van der Waals surface area contributed by atoms with Crippen LogP contribution >= 0.6 is 0 Å². The molecule has 3 rings (SSSR count). The molecular weight excluding hydrogens is 480 g/mol. The van der Waals surface area contributed by atoms with Gasteiger partial charge in [0, 0.05) is 24.8 Å². The molecule has 7 nitrogen and oxygen atoms in total. The fourth-order valence-electron chi connectivity index (χ4n) is 4.32. The number of nitrogens with zero attached hydrogens (tertiary/aromatic N) is 3. The number of hydrogen-bond donors (Lipinski definition) is 2. The number of benzene rings is 2. The third-order valence-corrected chi connectivity index (χ3v) is 6.26. The van der Waals surface area contributed by atoms with Crippen LogP contribution in [0.1, 0.15) is 51.5 Å². The van der Waals surface area contributed by atoms with Crippen molar-refractivity contribution in [3.8, 4) is 11.3 Å². The van der Waals surface area contributed by atoms with E-state index in [0.717, 1.165) is 23.8 Å². The Balaban J connectivity index is 2.18. The Morgan fingerprint density at radius 3 is 2.38 bits per heavy atom. The van der Waals surface area contributed by atoms with Crippen molar-refractivity contribution in [2.45, 2.75) is 46.7 Å². The maximum Gasteiger partial charge on any atom is 0.306 e. The third kappa shape index (κ3) is 6.80. The van der Waals surface area contributed by atoms with Crippen LogP contribution in [-0.2, 0) is 16.1 Å². The molecule has 1 amide bonds. The van der Waals surface area contributed by atoms with Gasteiger partial charge >= 0.3 is 5.97 Å². The summed E-state index contributed by atoms with van der Waals surface area (Å²) in [5.74, 6) is -3.11. The van der Waals surface area contributed by atoms with Gasteiger partial charge in [0.15, 0.2) is 0 Å². The highest BCUT2D eigenvalue weighted by molar-refractivity contribution is 5.78. The van der Waals surface area contributed by atoms with E-state index in [1.54, 1.807) is 17.7 Å². The van der Waals surface area contributed by atoms with Crippen LogP contribution in [0.5, 0.6) is 0 Å². The van der Waals surface area contributed by atoms with E-state index in [1.807, 2.05) is 51.1 Å². The van der Waals surface area contributed by atoms with Crippen molar-refractivity contribution in [3.05, 3.63) is 77.8 Å². The number of aliphatic hydroxyl groups excluding tert-OH is 1. The fourth-order valence-corrected chi connectivity index (χ4v) is 4.32. The second-order valence-electron chi connectivity index (χ2n) is 10.3. The van der Waals surface area contributed by atoms with Gasteiger partial charge in [-0.15, -0.1) is 0 Å². The van der Waals surface area contributed by atoms with Gasteiger partial charge in [-0.3, -0.25) is 9.59 Å². The van der Waals surface area contributed by atoms with Crippen LogP contribution in [0.25, 0.3) is 11.3 Å². The Morgan fingerprint density at radius 2 is 1.78 bits per heavy atom. The molecular formula is C28H33F2N3O4. The molecule has 0 bridgehead atoms. The topological polar surface area (TPSA) is 95.7 Å². The molecule has 3 aromatic rings. The molecule has 0 fully saturated rings. The number of carbonyl (C=O) groups excluding carboxylic acids is 1. The van der Waals surface area contributed by atoms with E-state index in [2.05, 4.69) is 0 Å². The molecule has 0 radical (unpaired) electrons. The molecule has 9 heteroatoms. The van der Waals surface area contributed by atoms with Crippen molar-refractivity contribution in [2.75, 3.05) is 13.2 Å². The molecule has 0 unspecified atom stereocenters. The van der Waals surface area contributed by atoms with E-state index < -0.39 is 47.5 Å². The van der Waals surface area contributed by atoms with Crippen molar-refractivity contribution >= 4 is 11.9 Å². The lowest BCUT2D eigenvalue weighted by molar-refractivity contribution is -0.144. The van der Waals surface area contributed by atoms with Crippen molar-refractivity contribution in [1.82, 2.24) is 14.5 Å². The van der Waals surface area contributed by atoms with Gasteiger partial charge in [-0.2, -0.15) is 0 Å². The summed E-state index contributed by atoms with van der Waals surface area (Å²) < 4.78 is 30.5. The van der Waals surface area contributed by atoms with E-state index in [0.29, 0.717) is 12.4 Å². The second kappa shape index (κ2) is 11.6. The number of carbonyl (C=O) groups is 2. The first-order valence-corrected chi connectivity index (χ1v) is 12.1. The van der Waals surface area contributed by atoms with Crippen LogP contribution < -0.4 is 0 Å². The minimum absolute atomic E-state index is 0.0137. The molecule has 0 saturated heterocycles. The predicted molar refractivity (Wildman–Crippen MR) is 136 cm³/mol. The molecule has 2 atom stereocenters. The number of carboxylic acid groups (broad SMARTS) is 1. The van der Waals surface area contributed by atoms with Crippen LogP contribution in [0.3, 0.4) is 0 Å². The molecule has 1 aromatic heterocycles. The first-order chi connectivity index (χ1) is 17.4. The summed E-state index contributed by atoms with van der Waals surface area (Å²) in [6.45, 7) is 6.91. The van der Waals surface area contributed by atoms with Gasteiger partial charge < -0.3 is 19.7 Å². The Kier molecular flexibility index (Phi) is 8.81. The lowest BCUT2D eigenvalue weighted by Crippen LogP contribution is -2.44. The van der Waals surface area contributed by atoms with Gasteiger partial charge in [-0.05, 0) is 35.6 Å². The zero-order valence-corrected chi connectivity index (χ0v) is 21.5. The second-order valence-corrected chi connectivity index (χ2v) is 10.3. The lowest BCUT2D eigenvalue weighted by Gasteiger charge is -2.40. The SMILES string of the molecule is C[C@@H](CCN(C(=O)CO)[C@@H](c1nc(-c2cc(F)ccc2F)cn1Cc1ccccc1)C(C)(C)C)C(=O)O. The fraction of sp³-hybridized carbons (Fsp3) is 0.393. The van der Waals surface area contributed by atoms with Gasteiger partial charge in [0.1, 0.15) is 24.1 Å². The largest absolute Gasteiger partial charge is 0.481 e. The number of rotatable bonds is 10. The Morgan fingerprint density at radius 1 is 1.11 bits per heavy atom. The van der Waals surface area contributed by atoms with Crippen LogP contribution in [-0.4, -0.2) is 49.7 Å². The molecule has 0 aliphatic carbocycles. The van der Waals surface area contributed by atoms with Crippen LogP contribution in [0, 0.1) is 23.0 Å². The summed E-state index contributed by atoms with van der Waals surface area (Å²) in [6, 6.07) is 11.9. The predicted octanol–water partition coefficient (Wildman–Crippen LogP) is 4.90. The first kappa shape index (κ1) is 28.0. The number of aromatic nitrogens is 2. The Bertz CT molecular complexity index is 1240. The summed E-state index contributed by atoms with van der Waals surface area (Å²) in [7, 11) is 0. The lowest BCUT2D eigenvalue weighted by atomic mass is 9.84. The Hall–Kier alpha value is -3.59. The Labute approximate surface area is 215 Å². The van der Waals surface area contributed by atoms with Crippen molar-refractivity contribution in [1.29, 1.82) is 0 Å². The molecule has 2 N–H and O–H groups in total. The number of halogens is 2. The highest BCUT2D eigenvalue weighted by Gasteiger charge is 2.38. The summed E-state index contributed by atoms with van der Waals surface area (Å²) >= 11 is 0. The maximum absolute atomic E-state index is 14.7. The first-order valence-electron chi connectivity index (χ1n) is 12.1. The van der Waals surface area contributed by atoms with Gasteiger partial charge in [0.25, 0.3) is 0 Å². The van der Waals surface area contributed by atoms with Gasteiger partial charge in [0.2, 0.25) is 5.91 Å². The third-order valence-electron chi connectivity index (χ3n) is 6.26. The number of aliphatic hydroxyl groups is 1. The zero-order valence-electron chi connectivity index (χ0n) is 21.5. The standard InChI is InChI=1S/C28H33F2N3O4/c1-18(27(36)37)12-13-33(24(35)17-34)25(28(2,3)4)26-31-23(21-14-20(29)10-11-22(21)30)16-32(26)15-19-8-6-5-7-9-19/h5-11,14,16,18,25,34H,12-13,15,17H2,1-4H3,(H,36,37)/t18-,25-/m0/s1. The quantitative estimate of drug-likeness (QED) is 0.402. The average molecular weight is 514 g/mol. The highest BCUT2D eigenvalue weighted by Crippen LogP contribution is 2.39. The molecule has 0 spiro atoms. The maximum atomic E-state index is 14.7. The highest BCUT2D eigenvalue weighted by atomic mass is 19.1. The molecule has 37 heavy (non-hydrogen) atoms. The number of carboxylic acids is 1. The van der Waals surface area contributed by atoms with Gasteiger partial charge in [-0.25, -0.2) is 13.8 Å². The van der Waals surface area contributed by atoms with Crippen molar-refractivity contribution < 1.29 is 28.6 Å². The molecule has 0 saturated carbocycles. The number of imidazole rings is 1.